The topological polar surface area (TPSA) is 38.9 Å². The third kappa shape index (κ3) is 3.74. The molecule has 2 N–H and O–H groups in total. The number of rotatable bonds is 4. The number of nitrogens with two attached hydrogens (primary N) is 1. The molecule has 3 heteroatoms. The van der Waals surface area contributed by atoms with E-state index in [1.54, 1.807) is 0 Å². The van der Waals surface area contributed by atoms with Crippen molar-refractivity contribution in [2.75, 3.05) is 11.5 Å². The highest BCUT2D eigenvalue weighted by molar-refractivity contribution is 7.99. The molecule has 1 rings (SSSR count). The van der Waals surface area contributed by atoms with Gasteiger partial charge in [0.15, 0.2) is 0 Å². The molecule has 0 amide bonds. The van der Waals surface area contributed by atoms with Crippen LogP contribution in [0.1, 0.15) is 31.5 Å². The Bertz CT molecular complexity index is 335. The van der Waals surface area contributed by atoms with E-state index in [-0.39, 0.29) is 0 Å². The highest BCUT2D eigenvalue weighted by Crippen LogP contribution is 2.24. The Hall–Kier alpha value is -0.700. The molecule has 1 heterocycles. The molecule has 2 nitrogen and oxygen atoms in total. The fourth-order valence-corrected chi connectivity index (χ4v) is 2.51. The predicted molar refractivity (Wildman–Crippen MR) is 68.3 cm³/mol. The molecule has 15 heavy (non-hydrogen) atoms. The maximum atomic E-state index is 5.79. The van der Waals surface area contributed by atoms with Crippen LogP contribution in [0.25, 0.3) is 0 Å². The van der Waals surface area contributed by atoms with Gasteiger partial charge >= 0.3 is 0 Å². The summed E-state index contributed by atoms with van der Waals surface area (Å²) in [6.45, 7) is 8.52. The van der Waals surface area contributed by atoms with Gasteiger partial charge in [-0.3, -0.25) is 0 Å². The van der Waals surface area contributed by atoms with Crippen molar-refractivity contribution in [3.05, 3.63) is 17.3 Å². The average Bonchev–Trinajstić information content (AvgIpc) is 2.13. The fourth-order valence-electron chi connectivity index (χ4n) is 1.24. The molecular weight excluding hydrogens is 204 g/mol. The van der Waals surface area contributed by atoms with Gasteiger partial charge in [0.1, 0.15) is 0 Å². The van der Waals surface area contributed by atoms with Crippen LogP contribution < -0.4 is 5.73 Å². The number of nitrogens with zero attached hydrogens (tertiary/aromatic N) is 1. The van der Waals surface area contributed by atoms with E-state index >= 15 is 0 Å². The van der Waals surface area contributed by atoms with Gasteiger partial charge in [-0.05, 0) is 43.6 Å². The molecule has 1 aromatic rings. The lowest BCUT2D eigenvalue weighted by Gasteiger charge is -2.09. The molecule has 0 aliphatic heterocycles. The summed E-state index contributed by atoms with van der Waals surface area (Å²) >= 11 is 1.83. The van der Waals surface area contributed by atoms with Crippen LogP contribution in [0.2, 0.25) is 0 Å². The van der Waals surface area contributed by atoms with Crippen molar-refractivity contribution in [1.29, 1.82) is 0 Å². The number of pyridine rings is 1. The Kier molecular flexibility index (Phi) is 4.45. The van der Waals surface area contributed by atoms with E-state index in [4.69, 9.17) is 5.73 Å². The molecular formula is C12H20N2S. The van der Waals surface area contributed by atoms with Crippen LogP contribution in [0, 0.1) is 19.8 Å². The summed E-state index contributed by atoms with van der Waals surface area (Å²) < 4.78 is 0. The minimum absolute atomic E-state index is 0.757. The highest BCUT2D eigenvalue weighted by Gasteiger charge is 2.05. The second-order valence-corrected chi connectivity index (χ2v) is 5.40. The molecule has 1 aromatic heterocycles. The third-order valence-corrected chi connectivity index (χ3v) is 3.46. The van der Waals surface area contributed by atoms with Gasteiger partial charge in [-0.2, -0.15) is 0 Å². The van der Waals surface area contributed by atoms with Crippen LogP contribution in [0.4, 0.5) is 5.69 Å². The molecule has 84 valence electrons. The largest absolute Gasteiger partial charge is 0.397 e. The Morgan fingerprint density at radius 1 is 1.40 bits per heavy atom. The van der Waals surface area contributed by atoms with E-state index < -0.39 is 0 Å². The minimum atomic E-state index is 0.757. The number of hydrogen-bond acceptors (Lipinski definition) is 3. The first-order valence-corrected chi connectivity index (χ1v) is 6.35. The van der Waals surface area contributed by atoms with Gasteiger partial charge in [0.25, 0.3) is 0 Å². The lowest BCUT2D eigenvalue weighted by Crippen LogP contribution is -1.98. The molecule has 0 bridgehead atoms. The van der Waals surface area contributed by atoms with Gasteiger partial charge in [0.05, 0.1) is 16.4 Å². The van der Waals surface area contributed by atoms with Crippen LogP contribution in [0.3, 0.4) is 0 Å². The Labute approximate surface area is 96.7 Å². The molecule has 0 radical (unpaired) electrons. The molecule has 0 spiro atoms. The van der Waals surface area contributed by atoms with Crippen LogP contribution in [-0.4, -0.2) is 10.7 Å². The number of thioether (sulfide) groups is 1. The van der Waals surface area contributed by atoms with Crippen molar-refractivity contribution in [3.8, 4) is 0 Å². The first-order chi connectivity index (χ1) is 7.00. The zero-order valence-electron chi connectivity index (χ0n) is 10.0. The standard InChI is InChI=1S/C12H20N2S/c1-8(2)5-6-15-12-9(3)7-11(13)10(4)14-12/h7-8H,5-6,13H2,1-4H3. The first-order valence-electron chi connectivity index (χ1n) is 5.37. The molecule has 0 fully saturated rings. The lowest BCUT2D eigenvalue weighted by atomic mass is 10.2. The summed E-state index contributed by atoms with van der Waals surface area (Å²) in [7, 11) is 0. The summed E-state index contributed by atoms with van der Waals surface area (Å²) in [5.74, 6) is 1.89. The Morgan fingerprint density at radius 3 is 2.67 bits per heavy atom. The van der Waals surface area contributed by atoms with Gasteiger partial charge in [0.2, 0.25) is 0 Å². The van der Waals surface area contributed by atoms with Crippen LogP contribution in [0.15, 0.2) is 11.1 Å². The summed E-state index contributed by atoms with van der Waals surface area (Å²) in [5.41, 5.74) is 8.71. The molecule has 0 aliphatic carbocycles. The van der Waals surface area contributed by atoms with Crippen molar-refractivity contribution in [2.24, 2.45) is 5.92 Å². The van der Waals surface area contributed by atoms with Crippen molar-refractivity contribution in [2.45, 2.75) is 39.1 Å². The number of hydrogen-bond donors (Lipinski definition) is 1. The summed E-state index contributed by atoms with van der Waals surface area (Å²) in [5, 5.41) is 1.13. The molecule has 0 aromatic carbocycles. The smallest absolute Gasteiger partial charge is 0.0993 e. The predicted octanol–water partition coefficient (Wildman–Crippen LogP) is 3.42. The third-order valence-electron chi connectivity index (χ3n) is 2.33. The van der Waals surface area contributed by atoms with Crippen molar-refractivity contribution >= 4 is 17.4 Å². The van der Waals surface area contributed by atoms with Gasteiger partial charge in [-0.25, -0.2) is 4.98 Å². The van der Waals surface area contributed by atoms with E-state index in [1.807, 2.05) is 24.8 Å². The quantitative estimate of drug-likeness (QED) is 0.796. The van der Waals surface area contributed by atoms with Crippen LogP contribution in [-0.2, 0) is 0 Å². The zero-order valence-corrected chi connectivity index (χ0v) is 10.8. The summed E-state index contributed by atoms with van der Waals surface area (Å²) in [6.07, 6.45) is 1.23. The number of aryl methyl sites for hydroxylation is 2. The van der Waals surface area contributed by atoms with Crippen molar-refractivity contribution < 1.29 is 0 Å². The zero-order chi connectivity index (χ0) is 11.4. The van der Waals surface area contributed by atoms with Gasteiger partial charge < -0.3 is 5.73 Å². The Morgan fingerprint density at radius 2 is 2.07 bits per heavy atom. The highest BCUT2D eigenvalue weighted by atomic mass is 32.2. The first kappa shape index (κ1) is 12.4. The maximum absolute atomic E-state index is 5.79. The van der Waals surface area contributed by atoms with E-state index in [1.165, 1.54) is 12.0 Å². The SMILES string of the molecule is Cc1cc(N)c(C)nc1SCCC(C)C. The van der Waals surface area contributed by atoms with Gasteiger partial charge in [-0.15, -0.1) is 11.8 Å². The molecule has 0 saturated carbocycles. The van der Waals surface area contributed by atoms with Gasteiger partial charge in [-0.1, -0.05) is 13.8 Å². The minimum Gasteiger partial charge on any atom is -0.397 e. The fraction of sp³-hybridized carbons (Fsp3) is 0.583. The number of anilines is 1. The second kappa shape index (κ2) is 5.40. The molecule has 0 atom stereocenters. The van der Waals surface area contributed by atoms with E-state index in [2.05, 4.69) is 25.8 Å². The van der Waals surface area contributed by atoms with E-state index in [9.17, 15) is 0 Å². The van der Waals surface area contributed by atoms with Crippen molar-refractivity contribution in [1.82, 2.24) is 4.98 Å². The molecule has 0 saturated heterocycles. The van der Waals surface area contributed by atoms with E-state index in [0.717, 1.165) is 28.1 Å². The maximum Gasteiger partial charge on any atom is 0.0993 e. The normalized spacial score (nSPS) is 11.0. The van der Waals surface area contributed by atoms with Gasteiger partial charge in [0, 0.05) is 0 Å². The molecule has 0 aliphatic rings. The summed E-state index contributed by atoms with van der Waals surface area (Å²) in [6, 6.07) is 2.01. The van der Waals surface area contributed by atoms with Crippen LogP contribution >= 0.6 is 11.8 Å². The van der Waals surface area contributed by atoms with Crippen LogP contribution in [0.5, 0.6) is 0 Å². The second-order valence-electron chi connectivity index (χ2n) is 4.32. The number of aromatic nitrogens is 1. The summed E-state index contributed by atoms with van der Waals surface area (Å²) in [4.78, 5) is 4.51. The van der Waals surface area contributed by atoms with E-state index in [0.29, 0.717) is 0 Å². The lowest BCUT2D eigenvalue weighted by molar-refractivity contribution is 0.632. The Balaban J connectivity index is 2.65. The average molecular weight is 224 g/mol. The number of nitrogen functional groups attached to an aromatic ring is 1. The van der Waals surface area contributed by atoms with Crippen molar-refractivity contribution in [3.63, 3.8) is 0 Å². The monoisotopic (exact) mass is 224 g/mol. The molecule has 0 unspecified atom stereocenters.